The van der Waals surface area contributed by atoms with Gasteiger partial charge in [0.15, 0.2) is 0 Å². The summed E-state index contributed by atoms with van der Waals surface area (Å²) in [7, 11) is 0. The van der Waals surface area contributed by atoms with Crippen molar-refractivity contribution in [3.63, 3.8) is 0 Å². The number of nitrogens with zero attached hydrogens (tertiary/aromatic N) is 3. The Labute approximate surface area is 180 Å². The van der Waals surface area contributed by atoms with E-state index in [-0.39, 0.29) is 11.9 Å². The molecule has 0 bridgehead atoms. The van der Waals surface area contributed by atoms with Crippen molar-refractivity contribution in [1.29, 1.82) is 0 Å². The first-order chi connectivity index (χ1) is 14.6. The molecule has 4 N–H and O–H groups in total. The van der Waals surface area contributed by atoms with Crippen molar-refractivity contribution in [2.75, 3.05) is 18.0 Å². The predicted molar refractivity (Wildman–Crippen MR) is 117 cm³/mol. The number of hydrogen-bond donors (Lipinski definition) is 3. The zero-order valence-corrected chi connectivity index (χ0v) is 17.4. The number of aromatic nitrogens is 3. The van der Waals surface area contributed by atoms with Gasteiger partial charge in [-0.2, -0.15) is 0 Å². The lowest BCUT2D eigenvalue weighted by Gasteiger charge is -2.40. The third-order valence-corrected chi connectivity index (χ3v) is 6.51. The fraction of sp³-hybridized carbons (Fsp3) is 0.409. The van der Waals surface area contributed by atoms with E-state index < -0.39 is 5.54 Å². The molecule has 3 aromatic rings. The second kappa shape index (κ2) is 7.65. The minimum atomic E-state index is -0.918. The predicted octanol–water partition coefficient (Wildman–Crippen LogP) is 3.18. The summed E-state index contributed by atoms with van der Waals surface area (Å²) in [6.45, 7) is 1.46. The van der Waals surface area contributed by atoms with Gasteiger partial charge >= 0.3 is 0 Å². The van der Waals surface area contributed by atoms with Crippen molar-refractivity contribution in [3.05, 3.63) is 53.4 Å². The number of aromatic amines is 1. The van der Waals surface area contributed by atoms with Crippen LogP contribution in [0.3, 0.4) is 0 Å². The lowest BCUT2D eigenvalue weighted by molar-refractivity contribution is -0.125. The average Bonchev–Trinajstić information content (AvgIpc) is 3.48. The first-order valence-corrected chi connectivity index (χ1v) is 10.8. The molecule has 1 amide bonds. The average molecular weight is 425 g/mol. The van der Waals surface area contributed by atoms with E-state index in [0.717, 1.165) is 36.9 Å². The molecule has 156 valence electrons. The molecule has 8 heteroatoms. The van der Waals surface area contributed by atoms with Crippen LogP contribution in [-0.4, -0.2) is 39.5 Å². The Morgan fingerprint density at radius 1 is 1.17 bits per heavy atom. The van der Waals surface area contributed by atoms with Crippen molar-refractivity contribution in [2.45, 2.75) is 37.3 Å². The number of halogens is 1. The van der Waals surface area contributed by atoms with Gasteiger partial charge < -0.3 is 16.0 Å². The van der Waals surface area contributed by atoms with Gasteiger partial charge in [0.25, 0.3) is 0 Å². The number of rotatable bonds is 5. The number of anilines is 1. The van der Waals surface area contributed by atoms with E-state index in [1.165, 1.54) is 6.33 Å². The first-order valence-electron chi connectivity index (χ1n) is 10.4. The maximum atomic E-state index is 14.1. The molecule has 2 fully saturated rings. The van der Waals surface area contributed by atoms with Crippen LogP contribution in [0.4, 0.5) is 5.82 Å². The molecule has 30 heavy (non-hydrogen) atoms. The first kappa shape index (κ1) is 19.5. The number of nitrogens with one attached hydrogen (secondary N) is 2. The molecular formula is C22H25ClN6O. The van der Waals surface area contributed by atoms with Gasteiger partial charge in [0.1, 0.15) is 17.8 Å². The fourth-order valence-corrected chi connectivity index (χ4v) is 4.56. The van der Waals surface area contributed by atoms with E-state index in [0.29, 0.717) is 35.2 Å². The van der Waals surface area contributed by atoms with Gasteiger partial charge in [0.2, 0.25) is 5.91 Å². The van der Waals surface area contributed by atoms with Crippen LogP contribution < -0.4 is 16.0 Å². The van der Waals surface area contributed by atoms with E-state index in [1.54, 1.807) is 0 Å². The minimum absolute atomic E-state index is 0.0722. The topological polar surface area (TPSA) is 99.9 Å². The van der Waals surface area contributed by atoms with Crippen molar-refractivity contribution >= 4 is 34.4 Å². The normalized spacial score (nSPS) is 19.5. The van der Waals surface area contributed by atoms with Gasteiger partial charge in [-0.1, -0.05) is 23.7 Å². The molecule has 1 saturated carbocycles. The molecule has 1 saturated heterocycles. The standard InChI is InChI=1S/C22H25ClN6O/c23-16-5-3-15(4-6-16)18(14-1-2-14)29(21(30)22(24)8-11-25-12-9-22)20-17-7-10-26-19(17)27-13-28-20/h3-7,10,13-14,18,25H,1-2,8-9,11-12,24H2,(H,26,27,28). The maximum absolute atomic E-state index is 14.1. The summed E-state index contributed by atoms with van der Waals surface area (Å²) in [5, 5.41) is 4.80. The number of nitrogens with two attached hydrogens (primary N) is 1. The maximum Gasteiger partial charge on any atom is 0.248 e. The lowest BCUT2D eigenvalue weighted by atomic mass is 9.86. The molecule has 1 aromatic carbocycles. The highest BCUT2D eigenvalue weighted by Gasteiger charge is 2.46. The fourth-order valence-electron chi connectivity index (χ4n) is 4.44. The Morgan fingerprint density at radius 3 is 2.60 bits per heavy atom. The Balaban J connectivity index is 1.66. The molecule has 5 rings (SSSR count). The summed E-state index contributed by atoms with van der Waals surface area (Å²) < 4.78 is 0. The highest BCUT2D eigenvalue weighted by molar-refractivity contribution is 6.30. The number of benzene rings is 1. The number of carbonyl (C=O) groups is 1. The molecule has 0 spiro atoms. The van der Waals surface area contributed by atoms with E-state index in [2.05, 4.69) is 20.3 Å². The largest absolute Gasteiger partial charge is 0.346 e. The van der Waals surface area contributed by atoms with E-state index in [4.69, 9.17) is 17.3 Å². The van der Waals surface area contributed by atoms with Crippen LogP contribution in [-0.2, 0) is 4.79 Å². The van der Waals surface area contributed by atoms with Crippen LogP contribution in [0.15, 0.2) is 42.9 Å². The van der Waals surface area contributed by atoms with Crippen molar-refractivity contribution < 1.29 is 4.79 Å². The number of H-pyrrole nitrogens is 1. The summed E-state index contributed by atoms with van der Waals surface area (Å²) in [4.78, 5) is 27.9. The second-order valence-corrected chi connectivity index (χ2v) is 8.79. The number of piperidine rings is 1. The number of fused-ring (bicyclic) bond motifs is 1. The van der Waals surface area contributed by atoms with Crippen molar-refractivity contribution in [3.8, 4) is 0 Å². The van der Waals surface area contributed by atoms with Crippen LogP contribution in [0.2, 0.25) is 5.02 Å². The Kier molecular flexibility index (Phi) is 4.97. The quantitative estimate of drug-likeness (QED) is 0.584. The zero-order valence-electron chi connectivity index (χ0n) is 16.6. The van der Waals surface area contributed by atoms with Crippen molar-refractivity contribution in [2.24, 2.45) is 11.7 Å². The van der Waals surface area contributed by atoms with Crippen LogP contribution in [0, 0.1) is 5.92 Å². The van der Waals surface area contributed by atoms with E-state index in [1.807, 2.05) is 41.4 Å². The lowest BCUT2D eigenvalue weighted by Crippen LogP contribution is -2.61. The molecule has 3 heterocycles. The van der Waals surface area contributed by atoms with Crippen LogP contribution in [0.1, 0.15) is 37.3 Å². The summed E-state index contributed by atoms with van der Waals surface area (Å²) >= 11 is 6.15. The Morgan fingerprint density at radius 2 is 1.90 bits per heavy atom. The van der Waals surface area contributed by atoms with Crippen molar-refractivity contribution in [1.82, 2.24) is 20.3 Å². The highest BCUT2D eigenvalue weighted by atomic mass is 35.5. The van der Waals surface area contributed by atoms with Crippen LogP contribution in [0.25, 0.3) is 11.0 Å². The van der Waals surface area contributed by atoms with Crippen LogP contribution >= 0.6 is 11.6 Å². The summed E-state index contributed by atoms with van der Waals surface area (Å²) in [5.74, 6) is 0.905. The van der Waals surface area contributed by atoms with E-state index in [9.17, 15) is 4.79 Å². The molecular weight excluding hydrogens is 400 g/mol. The molecule has 1 atom stereocenters. The summed E-state index contributed by atoms with van der Waals surface area (Å²) in [6.07, 6.45) is 6.66. The highest BCUT2D eigenvalue weighted by Crippen LogP contribution is 2.47. The van der Waals surface area contributed by atoms with Crippen LogP contribution in [0.5, 0.6) is 0 Å². The van der Waals surface area contributed by atoms with E-state index >= 15 is 0 Å². The summed E-state index contributed by atoms with van der Waals surface area (Å²) in [6, 6.07) is 9.55. The Hall–Kier alpha value is -2.48. The monoisotopic (exact) mass is 424 g/mol. The Bertz CT molecular complexity index is 1050. The number of hydrogen-bond acceptors (Lipinski definition) is 5. The summed E-state index contributed by atoms with van der Waals surface area (Å²) in [5.41, 5.74) is 7.56. The van der Waals surface area contributed by atoms with Gasteiger partial charge in [-0.05, 0) is 68.5 Å². The minimum Gasteiger partial charge on any atom is -0.346 e. The molecule has 7 nitrogen and oxygen atoms in total. The molecule has 1 aliphatic carbocycles. The van der Waals surface area contributed by atoms with Gasteiger partial charge in [-0.25, -0.2) is 9.97 Å². The molecule has 0 radical (unpaired) electrons. The third kappa shape index (κ3) is 3.47. The number of carbonyl (C=O) groups excluding carboxylic acids is 1. The zero-order chi connectivity index (χ0) is 20.7. The molecule has 1 aliphatic heterocycles. The van der Waals surface area contributed by atoms with Gasteiger partial charge in [-0.3, -0.25) is 9.69 Å². The molecule has 2 aliphatic rings. The van der Waals surface area contributed by atoms with Gasteiger partial charge in [-0.15, -0.1) is 0 Å². The molecule has 2 aromatic heterocycles. The smallest absolute Gasteiger partial charge is 0.248 e. The SMILES string of the molecule is NC1(C(=O)N(c2ncnc3[nH]ccc23)C(c2ccc(Cl)cc2)C2CC2)CCNCC1. The number of amides is 1. The van der Waals surface area contributed by atoms with Gasteiger partial charge in [0.05, 0.1) is 17.0 Å². The third-order valence-electron chi connectivity index (χ3n) is 6.26. The second-order valence-electron chi connectivity index (χ2n) is 8.35. The van der Waals surface area contributed by atoms with Gasteiger partial charge in [0, 0.05) is 11.2 Å². The molecule has 1 unspecified atom stereocenters.